The van der Waals surface area contributed by atoms with Gasteiger partial charge in [-0.25, -0.2) is 32.3 Å². The van der Waals surface area contributed by atoms with Gasteiger partial charge in [0.1, 0.15) is 22.8 Å². The van der Waals surface area contributed by atoms with Crippen LogP contribution in [-0.2, 0) is 16.7 Å². The molecular formula is C29H28F4N6O2S. The Morgan fingerprint density at radius 1 is 1.05 bits per heavy atom. The largest absolute Gasteiger partial charge is 0.435 e. The average molecular weight is 601 g/mol. The molecule has 0 saturated carbocycles. The van der Waals surface area contributed by atoms with Gasteiger partial charge in [0, 0.05) is 43.5 Å². The SMILES string of the molecule is CC(F)C1CNCC(Nc2nccc(-c3cccnc3Oc3cc(F)c(NS(=O)Cc4ccccc4)c(F)c3F)n2)C1. The smallest absolute Gasteiger partial charge is 0.228 e. The summed E-state index contributed by atoms with van der Waals surface area (Å²) in [7, 11) is -1.93. The van der Waals surface area contributed by atoms with Crippen molar-refractivity contribution < 1.29 is 26.5 Å². The number of halogens is 4. The molecule has 4 unspecified atom stereocenters. The van der Waals surface area contributed by atoms with Gasteiger partial charge in [0.2, 0.25) is 17.6 Å². The molecule has 8 nitrogen and oxygen atoms in total. The first kappa shape index (κ1) is 29.4. The molecule has 42 heavy (non-hydrogen) atoms. The Labute approximate surface area is 242 Å². The summed E-state index contributed by atoms with van der Waals surface area (Å²) in [6.07, 6.45) is 2.52. The van der Waals surface area contributed by atoms with Crippen molar-refractivity contribution in [2.24, 2.45) is 5.92 Å². The maximum absolute atomic E-state index is 15.1. The molecule has 4 atom stereocenters. The third-order valence-electron chi connectivity index (χ3n) is 6.76. The Bertz CT molecular complexity index is 1560. The molecule has 0 radical (unpaired) electrons. The molecule has 2 aromatic carbocycles. The summed E-state index contributed by atoms with van der Waals surface area (Å²) in [6.45, 7) is 2.74. The van der Waals surface area contributed by atoms with E-state index in [-0.39, 0.29) is 29.5 Å². The molecule has 0 spiro atoms. The highest BCUT2D eigenvalue weighted by atomic mass is 32.2. The fraction of sp³-hybridized carbons (Fsp3) is 0.276. The predicted octanol–water partition coefficient (Wildman–Crippen LogP) is 5.77. The standard InChI is InChI=1S/C29H28F4N6O2S/c1-17(30)19-12-20(15-34-14-19)37-29-36-11-9-23(38-29)21-8-5-10-35-28(21)41-24-13-22(31)27(26(33)25(24)32)39-42(40)16-18-6-3-2-4-7-18/h2-11,13,17,19-20,34,39H,12,14-16H2,1H3,(H,36,37,38). The van der Waals surface area contributed by atoms with Gasteiger partial charge >= 0.3 is 0 Å². The van der Waals surface area contributed by atoms with Gasteiger partial charge in [-0.2, -0.15) is 4.39 Å². The number of hydrogen-bond donors (Lipinski definition) is 3. The fourth-order valence-corrected chi connectivity index (χ4v) is 5.57. The topological polar surface area (TPSA) is 101 Å². The predicted molar refractivity (Wildman–Crippen MR) is 153 cm³/mol. The first-order chi connectivity index (χ1) is 20.3. The molecule has 220 valence electrons. The van der Waals surface area contributed by atoms with Crippen LogP contribution in [0.3, 0.4) is 0 Å². The van der Waals surface area contributed by atoms with E-state index in [1.807, 2.05) is 0 Å². The normalized spacial score (nSPS) is 18.2. The maximum atomic E-state index is 15.1. The van der Waals surface area contributed by atoms with Gasteiger partial charge in [-0.3, -0.25) is 4.72 Å². The molecule has 0 bridgehead atoms. The first-order valence-electron chi connectivity index (χ1n) is 13.2. The van der Waals surface area contributed by atoms with E-state index >= 15 is 4.39 Å². The van der Waals surface area contributed by atoms with Crippen LogP contribution in [-0.4, -0.2) is 44.5 Å². The Morgan fingerprint density at radius 3 is 2.64 bits per heavy atom. The molecule has 3 N–H and O–H groups in total. The minimum atomic E-state index is -1.93. The highest BCUT2D eigenvalue weighted by Crippen LogP contribution is 2.35. The van der Waals surface area contributed by atoms with E-state index in [0.29, 0.717) is 42.4 Å². The first-order valence-corrected chi connectivity index (χ1v) is 14.5. The van der Waals surface area contributed by atoms with Crippen LogP contribution in [0.1, 0.15) is 18.9 Å². The van der Waals surface area contributed by atoms with Gasteiger partial charge in [0.25, 0.3) is 0 Å². The Kier molecular flexibility index (Phi) is 9.28. The summed E-state index contributed by atoms with van der Waals surface area (Å²) in [4.78, 5) is 12.9. The summed E-state index contributed by atoms with van der Waals surface area (Å²) < 4.78 is 78.9. The number of anilines is 2. The van der Waals surface area contributed by atoms with Gasteiger partial charge in [-0.1, -0.05) is 30.3 Å². The van der Waals surface area contributed by atoms with Gasteiger partial charge in [0.15, 0.2) is 17.4 Å². The van der Waals surface area contributed by atoms with Gasteiger partial charge < -0.3 is 15.4 Å². The number of hydrogen-bond acceptors (Lipinski definition) is 7. The second-order valence-corrected chi connectivity index (χ2v) is 11.0. The molecule has 3 heterocycles. The van der Waals surface area contributed by atoms with Crippen molar-refractivity contribution in [2.75, 3.05) is 23.1 Å². The van der Waals surface area contributed by atoms with Crippen LogP contribution < -0.4 is 20.1 Å². The zero-order valence-corrected chi connectivity index (χ0v) is 23.3. The lowest BCUT2D eigenvalue weighted by molar-refractivity contribution is 0.202. The maximum Gasteiger partial charge on any atom is 0.228 e. The number of benzene rings is 2. The number of nitrogens with zero attached hydrogens (tertiary/aromatic N) is 3. The fourth-order valence-electron chi connectivity index (χ4n) is 4.58. The molecule has 5 rings (SSSR count). The minimum Gasteiger partial charge on any atom is -0.435 e. The Hall–Kier alpha value is -4.10. The van der Waals surface area contributed by atoms with E-state index in [9.17, 15) is 17.4 Å². The summed E-state index contributed by atoms with van der Waals surface area (Å²) >= 11 is 0. The van der Waals surface area contributed by atoms with Crippen LogP contribution in [0.2, 0.25) is 0 Å². The monoisotopic (exact) mass is 600 g/mol. The van der Waals surface area contributed by atoms with Gasteiger partial charge in [0.05, 0.1) is 17.0 Å². The van der Waals surface area contributed by atoms with Crippen LogP contribution in [0.15, 0.2) is 67.0 Å². The van der Waals surface area contributed by atoms with Crippen LogP contribution in [0.25, 0.3) is 11.3 Å². The second kappa shape index (κ2) is 13.3. The highest BCUT2D eigenvalue weighted by molar-refractivity contribution is 7.85. The zero-order valence-electron chi connectivity index (χ0n) is 22.5. The van der Waals surface area contributed by atoms with Gasteiger partial charge in [-0.05, 0) is 37.1 Å². The van der Waals surface area contributed by atoms with Crippen LogP contribution >= 0.6 is 0 Å². The van der Waals surface area contributed by atoms with E-state index < -0.39 is 46.0 Å². The molecule has 0 amide bonds. The van der Waals surface area contributed by atoms with E-state index in [0.717, 1.165) is 0 Å². The second-order valence-electron chi connectivity index (χ2n) is 9.83. The molecule has 2 aromatic heterocycles. The van der Waals surface area contributed by atoms with Crippen molar-refractivity contribution >= 4 is 22.6 Å². The van der Waals surface area contributed by atoms with Crippen LogP contribution in [0, 0.1) is 23.4 Å². The number of pyridine rings is 1. The molecular weight excluding hydrogens is 572 g/mol. The van der Waals surface area contributed by atoms with Crippen molar-refractivity contribution in [1.29, 1.82) is 0 Å². The lowest BCUT2D eigenvalue weighted by atomic mass is 9.92. The van der Waals surface area contributed by atoms with Crippen LogP contribution in [0.5, 0.6) is 11.6 Å². The summed E-state index contributed by atoms with van der Waals surface area (Å²) in [5.41, 5.74) is 0.463. The molecule has 0 aliphatic carbocycles. The van der Waals surface area contributed by atoms with Crippen molar-refractivity contribution in [3.05, 3.63) is 90.0 Å². The van der Waals surface area contributed by atoms with Crippen molar-refractivity contribution in [2.45, 2.75) is 31.3 Å². The zero-order chi connectivity index (χ0) is 29.6. The molecule has 13 heteroatoms. The number of aromatic nitrogens is 3. The highest BCUT2D eigenvalue weighted by Gasteiger charge is 2.27. The van der Waals surface area contributed by atoms with E-state index in [4.69, 9.17) is 4.74 Å². The molecule has 1 saturated heterocycles. The molecule has 4 aromatic rings. The number of piperidine rings is 1. The summed E-state index contributed by atoms with van der Waals surface area (Å²) in [5, 5.41) is 6.40. The lowest BCUT2D eigenvalue weighted by Gasteiger charge is -2.31. The Balaban J connectivity index is 1.34. The number of alkyl halides is 1. The number of ether oxygens (including phenoxy) is 1. The lowest BCUT2D eigenvalue weighted by Crippen LogP contribution is -2.45. The van der Waals surface area contributed by atoms with Crippen molar-refractivity contribution in [3.63, 3.8) is 0 Å². The van der Waals surface area contributed by atoms with E-state index in [2.05, 4.69) is 30.3 Å². The summed E-state index contributed by atoms with van der Waals surface area (Å²) in [5.74, 6) is -5.08. The number of rotatable bonds is 10. The minimum absolute atomic E-state index is 0.0422. The van der Waals surface area contributed by atoms with Crippen molar-refractivity contribution in [1.82, 2.24) is 20.3 Å². The number of nitrogens with one attached hydrogen (secondary N) is 3. The third kappa shape index (κ3) is 7.02. The van der Waals surface area contributed by atoms with E-state index in [1.165, 1.54) is 19.3 Å². The van der Waals surface area contributed by atoms with Crippen molar-refractivity contribution in [3.8, 4) is 22.9 Å². The molecule has 1 fully saturated rings. The quantitative estimate of drug-likeness (QED) is 0.157. The molecule has 1 aliphatic heterocycles. The molecule has 1 aliphatic rings. The average Bonchev–Trinajstić information content (AvgIpc) is 2.99. The third-order valence-corrected chi connectivity index (χ3v) is 7.79. The summed E-state index contributed by atoms with van der Waals surface area (Å²) in [6, 6.07) is 14.0. The Morgan fingerprint density at radius 2 is 1.86 bits per heavy atom. The van der Waals surface area contributed by atoms with Gasteiger partial charge in [-0.15, -0.1) is 0 Å². The van der Waals surface area contributed by atoms with Crippen LogP contribution in [0.4, 0.5) is 29.2 Å². The van der Waals surface area contributed by atoms with E-state index in [1.54, 1.807) is 48.5 Å².